The van der Waals surface area contributed by atoms with Gasteiger partial charge in [0.05, 0.1) is 5.54 Å². The first-order valence-corrected chi connectivity index (χ1v) is 12.6. The summed E-state index contributed by atoms with van der Waals surface area (Å²) in [5.41, 5.74) is 4.75. The molecule has 3 aromatic rings. The molecule has 33 heavy (non-hydrogen) atoms. The summed E-state index contributed by atoms with van der Waals surface area (Å²) in [6, 6.07) is 28.3. The molecule has 0 saturated carbocycles. The van der Waals surface area contributed by atoms with Crippen LogP contribution in [0.15, 0.2) is 83.9 Å². The molecule has 3 aromatic carbocycles. The molecular weight excluding hydrogens is 424 g/mol. The van der Waals surface area contributed by atoms with Crippen LogP contribution in [0.1, 0.15) is 43.9 Å². The van der Waals surface area contributed by atoms with Crippen molar-refractivity contribution in [2.75, 3.05) is 4.90 Å². The summed E-state index contributed by atoms with van der Waals surface area (Å²) >= 11 is 1.82. The van der Waals surface area contributed by atoms with Crippen molar-refractivity contribution in [1.82, 2.24) is 0 Å². The molecular formula is C29H30N2OS. The Balaban J connectivity index is 1.61. The second-order valence-corrected chi connectivity index (χ2v) is 11.7. The van der Waals surface area contributed by atoms with Gasteiger partial charge in [0.1, 0.15) is 16.3 Å². The van der Waals surface area contributed by atoms with Crippen LogP contribution in [0.5, 0.6) is 5.75 Å². The Labute approximate surface area is 200 Å². The molecule has 0 aliphatic carbocycles. The number of hydrogen-bond acceptors (Lipinski definition) is 4. The van der Waals surface area contributed by atoms with Gasteiger partial charge < -0.3 is 9.64 Å². The van der Waals surface area contributed by atoms with Crippen LogP contribution in [0.25, 0.3) is 0 Å². The summed E-state index contributed by atoms with van der Waals surface area (Å²) in [5, 5.41) is 0.658. The van der Waals surface area contributed by atoms with Crippen molar-refractivity contribution in [2.45, 2.75) is 56.7 Å². The molecule has 3 heterocycles. The topological polar surface area (TPSA) is 24.8 Å². The largest absolute Gasteiger partial charge is 0.458 e. The molecule has 168 valence electrons. The number of aryl methyl sites for hydroxylation is 1. The molecule has 3 atom stereocenters. The van der Waals surface area contributed by atoms with Crippen LogP contribution in [0, 0.1) is 12.8 Å². The summed E-state index contributed by atoms with van der Waals surface area (Å²) in [6.45, 7) is 8.69. The summed E-state index contributed by atoms with van der Waals surface area (Å²) in [4.78, 5) is 7.93. The number of thioether (sulfide) groups is 1. The highest BCUT2D eigenvalue weighted by molar-refractivity contribution is 8.15. The standard InChI is InChI=1S/C29H30N2OS/c1-20-14-16-24(17-15-20)32-28-19-23-18-21-10-8-9-13-25(21)31(28)29(23,22-11-6-5-7-12-22)26(33-28)30-27(2,3)4/h5-17,23H,18-19H2,1-4H3/t23-,28-,29-/m0/s1. The molecule has 4 bridgehead atoms. The fourth-order valence-electron chi connectivity index (χ4n) is 5.84. The molecule has 4 heteroatoms. The summed E-state index contributed by atoms with van der Waals surface area (Å²) in [7, 11) is 0. The molecule has 3 nitrogen and oxygen atoms in total. The molecule has 0 amide bonds. The van der Waals surface area contributed by atoms with E-state index in [0.29, 0.717) is 5.92 Å². The lowest BCUT2D eigenvalue weighted by atomic mass is 9.73. The van der Waals surface area contributed by atoms with Gasteiger partial charge in [0.25, 0.3) is 0 Å². The monoisotopic (exact) mass is 454 g/mol. The van der Waals surface area contributed by atoms with E-state index in [4.69, 9.17) is 9.73 Å². The van der Waals surface area contributed by atoms with E-state index in [0.717, 1.165) is 18.6 Å². The van der Waals surface area contributed by atoms with Gasteiger partial charge in [-0.15, -0.1) is 0 Å². The smallest absolute Gasteiger partial charge is 0.238 e. The molecule has 6 rings (SSSR count). The molecule has 2 fully saturated rings. The molecule has 3 aliphatic rings. The summed E-state index contributed by atoms with van der Waals surface area (Å²) in [6.07, 6.45) is 1.99. The predicted octanol–water partition coefficient (Wildman–Crippen LogP) is 6.95. The molecule has 0 aromatic heterocycles. The van der Waals surface area contributed by atoms with Crippen LogP contribution < -0.4 is 9.64 Å². The van der Waals surface area contributed by atoms with E-state index in [-0.39, 0.29) is 11.1 Å². The van der Waals surface area contributed by atoms with Crippen molar-refractivity contribution in [3.63, 3.8) is 0 Å². The fourth-order valence-corrected chi connectivity index (χ4v) is 7.75. The van der Waals surface area contributed by atoms with Crippen molar-refractivity contribution in [3.8, 4) is 5.75 Å². The van der Waals surface area contributed by atoms with Gasteiger partial charge in [0.2, 0.25) is 5.06 Å². The number of nitrogens with zero attached hydrogens (tertiary/aromatic N) is 2. The number of anilines is 1. The van der Waals surface area contributed by atoms with Crippen molar-refractivity contribution < 1.29 is 4.74 Å². The van der Waals surface area contributed by atoms with E-state index in [2.05, 4.69) is 111 Å². The molecule has 0 radical (unpaired) electrons. The normalized spacial score (nSPS) is 28.8. The number of fused-ring (bicyclic) bond motifs is 1. The first-order chi connectivity index (χ1) is 15.8. The van der Waals surface area contributed by atoms with Gasteiger partial charge in [-0.2, -0.15) is 0 Å². The number of para-hydroxylation sites is 1. The zero-order chi connectivity index (χ0) is 22.8. The maximum absolute atomic E-state index is 6.98. The number of benzene rings is 3. The van der Waals surface area contributed by atoms with Gasteiger partial charge in [0.15, 0.2) is 0 Å². The maximum atomic E-state index is 6.98. The molecule has 0 unspecified atom stereocenters. The van der Waals surface area contributed by atoms with Crippen LogP contribution in [0.4, 0.5) is 5.69 Å². The van der Waals surface area contributed by atoms with Crippen molar-refractivity contribution >= 4 is 22.5 Å². The highest BCUT2D eigenvalue weighted by atomic mass is 32.2. The Morgan fingerprint density at radius 1 is 0.939 bits per heavy atom. The van der Waals surface area contributed by atoms with Gasteiger partial charge in [0, 0.05) is 18.0 Å². The first kappa shape index (κ1) is 20.9. The molecule has 3 aliphatic heterocycles. The van der Waals surface area contributed by atoms with Crippen LogP contribution in [-0.4, -0.2) is 15.6 Å². The number of hydrogen-bond donors (Lipinski definition) is 0. The van der Waals surface area contributed by atoms with Gasteiger partial charge in [-0.25, -0.2) is 0 Å². The molecule has 0 N–H and O–H groups in total. The third-order valence-corrected chi connectivity index (χ3v) is 8.37. The lowest BCUT2D eigenvalue weighted by molar-refractivity contribution is 0.173. The summed E-state index contributed by atoms with van der Waals surface area (Å²) < 4.78 is 6.98. The number of rotatable bonds is 3. The zero-order valence-electron chi connectivity index (χ0n) is 19.7. The van der Waals surface area contributed by atoms with Crippen LogP contribution in [-0.2, 0) is 12.0 Å². The Morgan fingerprint density at radius 3 is 2.36 bits per heavy atom. The molecule has 2 saturated heterocycles. The SMILES string of the molecule is Cc1ccc(O[C@]23C[C@@H]4Cc5ccccc5N2[C@]4(c2ccccc2)C(=NC(C)(C)C)S3)cc1. The molecule has 0 spiro atoms. The predicted molar refractivity (Wildman–Crippen MR) is 138 cm³/mol. The van der Waals surface area contributed by atoms with Crippen LogP contribution in [0.3, 0.4) is 0 Å². The van der Waals surface area contributed by atoms with Crippen LogP contribution >= 0.6 is 11.8 Å². The minimum Gasteiger partial charge on any atom is -0.458 e. The lowest BCUT2D eigenvalue weighted by Gasteiger charge is -2.45. The lowest BCUT2D eigenvalue weighted by Crippen LogP contribution is -2.54. The fraction of sp³-hybridized carbons (Fsp3) is 0.345. The quantitative estimate of drug-likeness (QED) is 0.428. The third-order valence-electron chi connectivity index (χ3n) is 7.02. The van der Waals surface area contributed by atoms with E-state index >= 15 is 0 Å². The average Bonchev–Trinajstić information content (AvgIpc) is 3.15. The van der Waals surface area contributed by atoms with Gasteiger partial charge in [-0.05, 0) is 75.2 Å². The highest BCUT2D eigenvalue weighted by Crippen LogP contribution is 2.69. The minimum absolute atomic E-state index is 0.172. The maximum Gasteiger partial charge on any atom is 0.238 e. The Hall–Kier alpha value is -2.72. The zero-order valence-corrected chi connectivity index (χ0v) is 20.5. The van der Waals surface area contributed by atoms with Crippen molar-refractivity contribution in [1.29, 1.82) is 0 Å². The second kappa shape index (κ2) is 7.14. The minimum atomic E-state index is -0.521. The van der Waals surface area contributed by atoms with Crippen molar-refractivity contribution in [2.24, 2.45) is 10.9 Å². The van der Waals surface area contributed by atoms with E-state index < -0.39 is 5.06 Å². The second-order valence-electron chi connectivity index (χ2n) is 10.5. The highest BCUT2D eigenvalue weighted by Gasteiger charge is 2.74. The number of aliphatic imine (C=N–C) groups is 1. The van der Waals surface area contributed by atoms with Crippen LogP contribution in [0.2, 0.25) is 0 Å². The van der Waals surface area contributed by atoms with Gasteiger partial charge in [-0.3, -0.25) is 4.99 Å². The Kier molecular flexibility index (Phi) is 4.51. The number of ether oxygens (including phenoxy) is 1. The Bertz CT molecular complexity index is 1230. The van der Waals surface area contributed by atoms with Gasteiger partial charge >= 0.3 is 0 Å². The summed E-state index contributed by atoms with van der Waals surface area (Å²) in [5.74, 6) is 1.31. The van der Waals surface area contributed by atoms with Crippen molar-refractivity contribution in [3.05, 3.63) is 95.6 Å². The van der Waals surface area contributed by atoms with E-state index in [1.807, 2.05) is 11.8 Å². The third kappa shape index (κ3) is 3.07. The van der Waals surface area contributed by atoms with Gasteiger partial charge in [-0.1, -0.05) is 66.2 Å². The Morgan fingerprint density at radius 2 is 1.64 bits per heavy atom. The van der Waals surface area contributed by atoms with E-state index in [1.54, 1.807) is 0 Å². The van der Waals surface area contributed by atoms with E-state index in [1.165, 1.54) is 27.4 Å². The first-order valence-electron chi connectivity index (χ1n) is 11.8. The van der Waals surface area contributed by atoms with E-state index in [9.17, 15) is 0 Å². The average molecular weight is 455 g/mol.